The van der Waals surface area contributed by atoms with Gasteiger partial charge in [-0.15, -0.1) is 23.2 Å². The highest BCUT2D eigenvalue weighted by atomic mass is 35.5. The Morgan fingerprint density at radius 3 is 1.97 bits per heavy atom. The van der Waals surface area contributed by atoms with E-state index in [0.29, 0.717) is 28.4 Å². The number of anilines is 1. The molecule has 2 nitrogen and oxygen atoms in total. The summed E-state index contributed by atoms with van der Waals surface area (Å²) in [6.45, 7) is 1.69. The van der Waals surface area contributed by atoms with Crippen molar-refractivity contribution in [3.63, 3.8) is 0 Å². The van der Waals surface area contributed by atoms with Crippen molar-refractivity contribution in [1.82, 2.24) is 0 Å². The van der Waals surface area contributed by atoms with E-state index in [1.165, 1.54) is 12.1 Å². The van der Waals surface area contributed by atoms with Crippen LogP contribution in [0.2, 0.25) is 5.02 Å². The van der Waals surface area contributed by atoms with E-state index in [4.69, 9.17) is 34.8 Å². The number of benzene rings is 2. The van der Waals surface area contributed by atoms with Crippen LogP contribution in [0.4, 0.5) is 32.0 Å². The first-order chi connectivity index (χ1) is 13.6. The van der Waals surface area contributed by atoms with E-state index >= 15 is 0 Å². The number of amides is 1. The molecule has 0 bridgehead atoms. The molecule has 30 heavy (non-hydrogen) atoms. The minimum absolute atomic E-state index is 0.00158. The molecule has 2 atom stereocenters. The number of hydrogen-bond donors (Lipinski definition) is 1. The van der Waals surface area contributed by atoms with Crippen LogP contribution in [0, 0.1) is 12.8 Å². The molecule has 1 aliphatic rings. The fourth-order valence-electron chi connectivity index (χ4n) is 3.17. The fraction of sp³-hybridized carbons (Fsp3) is 0.316. The highest BCUT2D eigenvalue weighted by Crippen LogP contribution is 2.65. The molecule has 0 spiro atoms. The van der Waals surface area contributed by atoms with Gasteiger partial charge in [-0.2, -0.15) is 26.3 Å². The lowest BCUT2D eigenvalue weighted by molar-refractivity contribution is -0.143. The van der Waals surface area contributed by atoms with Crippen molar-refractivity contribution < 1.29 is 31.1 Å². The summed E-state index contributed by atoms with van der Waals surface area (Å²) in [4.78, 5) is 12.6. The second-order valence-electron chi connectivity index (χ2n) is 6.92. The van der Waals surface area contributed by atoms with E-state index in [0.717, 1.165) is 0 Å². The van der Waals surface area contributed by atoms with Crippen molar-refractivity contribution in [1.29, 1.82) is 0 Å². The molecule has 3 rings (SSSR count). The van der Waals surface area contributed by atoms with E-state index in [1.807, 2.05) is 0 Å². The topological polar surface area (TPSA) is 29.1 Å². The molecule has 0 aromatic heterocycles. The van der Waals surface area contributed by atoms with Crippen molar-refractivity contribution in [2.45, 2.75) is 29.5 Å². The summed E-state index contributed by atoms with van der Waals surface area (Å²) in [5.41, 5.74) is -2.45. The smallest absolute Gasteiger partial charge is 0.326 e. The van der Waals surface area contributed by atoms with E-state index in [2.05, 4.69) is 5.32 Å². The summed E-state index contributed by atoms with van der Waals surface area (Å²) in [5.74, 6) is -3.24. The van der Waals surface area contributed by atoms with Gasteiger partial charge in [0.25, 0.3) is 0 Å². The first-order valence-corrected chi connectivity index (χ1v) is 9.50. The Hall–Kier alpha value is -1.64. The second-order valence-corrected chi connectivity index (χ2v) is 8.77. The predicted molar refractivity (Wildman–Crippen MR) is 102 cm³/mol. The van der Waals surface area contributed by atoms with Gasteiger partial charge in [-0.3, -0.25) is 4.79 Å². The van der Waals surface area contributed by atoms with Gasteiger partial charge in [-0.1, -0.05) is 11.6 Å². The molecule has 1 N–H and O–H groups in total. The zero-order valence-corrected chi connectivity index (χ0v) is 17.2. The molecule has 1 saturated carbocycles. The number of rotatable bonds is 3. The number of nitrogens with one attached hydrogen (secondary N) is 1. The average molecular weight is 491 g/mol. The van der Waals surface area contributed by atoms with Crippen LogP contribution in [0.15, 0.2) is 36.4 Å². The maximum atomic E-state index is 13.1. The summed E-state index contributed by atoms with van der Waals surface area (Å²) in [6.07, 6.45) is -10.0. The van der Waals surface area contributed by atoms with Crippen molar-refractivity contribution >= 4 is 46.4 Å². The third kappa shape index (κ3) is 4.50. The van der Waals surface area contributed by atoms with Crippen molar-refractivity contribution in [3.8, 4) is 0 Å². The van der Waals surface area contributed by atoms with Gasteiger partial charge < -0.3 is 5.32 Å². The number of carbonyl (C=O) groups is 1. The molecule has 11 heteroatoms. The van der Waals surface area contributed by atoms with Crippen LogP contribution >= 0.6 is 34.8 Å². The lowest BCUT2D eigenvalue weighted by Gasteiger charge is -2.14. The van der Waals surface area contributed by atoms with Gasteiger partial charge >= 0.3 is 12.4 Å². The summed E-state index contributed by atoms with van der Waals surface area (Å²) in [5, 5.41) is 2.96. The van der Waals surface area contributed by atoms with Crippen molar-refractivity contribution in [2.75, 3.05) is 5.32 Å². The summed E-state index contributed by atoms with van der Waals surface area (Å²) >= 11 is 18.1. The standard InChI is InChI=1S/C19H12Cl3F6NO/c1-8-4-12(2-3-13(8)20)29-16(30)15-14(17(15,21)22)9-5-10(18(23,24)25)7-11(6-9)19(26,27)28/h2-7,14-15H,1H3,(H,29,30). The van der Waals surface area contributed by atoms with Gasteiger partial charge in [-0.25, -0.2) is 0 Å². The first kappa shape index (κ1) is 23.0. The van der Waals surface area contributed by atoms with Crippen molar-refractivity contribution in [3.05, 3.63) is 63.7 Å². The summed E-state index contributed by atoms with van der Waals surface area (Å²) in [6, 6.07) is 5.61. The molecule has 2 unspecified atom stereocenters. The Morgan fingerprint density at radius 1 is 0.967 bits per heavy atom. The molecule has 0 aliphatic heterocycles. The van der Waals surface area contributed by atoms with Gasteiger partial charge in [0.1, 0.15) is 4.33 Å². The SMILES string of the molecule is Cc1cc(NC(=O)C2C(c3cc(C(F)(F)F)cc(C(F)(F)F)c3)C2(Cl)Cl)ccc1Cl. The molecule has 2 aromatic rings. The third-order valence-corrected chi connectivity index (χ3v) is 6.10. The van der Waals surface area contributed by atoms with Crippen LogP contribution in [0.3, 0.4) is 0 Å². The van der Waals surface area contributed by atoms with Crippen LogP contribution < -0.4 is 5.32 Å². The van der Waals surface area contributed by atoms with Gasteiger partial charge in [0.05, 0.1) is 17.0 Å². The fourth-order valence-corrected chi connectivity index (χ4v) is 4.11. The van der Waals surface area contributed by atoms with E-state index in [-0.39, 0.29) is 6.07 Å². The van der Waals surface area contributed by atoms with Gasteiger partial charge in [0, 0.05) is 16.6 Å². The Labute approximate surface area is 182 Å². The quantitative estimate of drug-likeness (QED) is 0.357. The van der Waals surface area contributed by atoms with Crippen LogP contribution in [0.25, 0.3) is 0 Å². The Morgan fingerprint density at radius 2 is 1.50 bits per heavy atom. The number of hydrogen-bond acceptors (Lipinski definition) is 1. The van der Waals surface area contributed by atoms with E-state index in [9.17, 15) is 31.1 Å². The monoisotopic (exact) mass is 489 g/mol. The maximum Gasteiger partial charge on any atom is 0.416 e. The molecular formula is C19H12Cl3F6NO. The van der Waals surface area contributed by atoms with E-state index < -0.39 is 51.1 Å². The number of carbonyl (C=O) groups excluding carboxylic acids is 1. The molecular weight excluding hydrogens is 479 g/mol. The Kier molecular flexibility index (Phi) is 5.76. The second kappa shape index (κ2) is 7.50. The minimum atomic E-state index is -5.02. The molecule has 1 amide bonds. The highest BCUT2D eigenvalue weighted by molar-refractivity contribution is 6.53. The lowest BCUT2D eigenvalue weighted by atomic mass is 10.0. The summed E-state index contributed by atoms with van der Waals surface area (Å²) in [7, 11) is 0. The largest absolute Gasteiger partial charge is 0.416 e. The zero-order chi connectivity index (χ0) is 22.6. The normalized spacial score (nSPS) is 20.7. The molecule has 162 valence electrons. The summed E-state index contributed by atoms with van der Waals surface area (Å²) < 4.78 is 76.8. The highest BCUT2D eigenvalue weighted by Gasteiger charge is 2.68. The maximum absolute atomic E-state index is 13.1. The van der Waals surface area contributed by atoms with Gasteiger partial charge in [0.15, 0.2) is 0 Å². The van der Waals surface area contributed by atoms with Gasteiger partial charge in [-0.05, 0) is 54.4 Å². The molecule has 1 aliphatic carbocycles. The first-order valence-electron chi connectivity index (χ1n) is 8.36. The number of halogens is 9. The lowest BCUT2D eigenvalue weighted by Crippen LogP contribution is -2.17. The van der Waals surface area contributed by atoms with Gasteiger partial charge in [0.2, 0.25) is 5.91 Å². The Balaban J connectivity index is 1.93. The average Bonchev–Trinajstić information content (AvgIpc) is 3.18. The van der Waals surface area contributed by atoms with Crippen LogP contribution in [0.5, 0.6) is 0 Å². The number of alkyl halides is 8. The van der Waals surface area contributed by atoms with Crippen LogP contribution in [-0.4, -0.2) is 10.2 Å². The molecule has 2 aromatic carbocycles. The third-order valence-electron chi connectivity index (χ3n) is 4.73. The Bertz CT molecular complexity index is 970. The van der Waals surface area contributed by atoms with Crippen molar-refractivity contribution in [2.24, 2.45) is 5.92 Å². The van der Waals surface area contributed by atoms with Crippen LogP contribution in [0.1, 0.15) is 28.2 Å². The molecule has 0 radical (unpaired) electrons. The number of aryl methyl sites for hydroxylation is 1. The molecule has 1 fully saturated rings. The zero-order valence-electron chi connectivity index (χ0n) is 14.9. The van der Waals surface area contributed by atoms with E-state index in [1.54, 1.807) is 13.0 Å². The van der Waals surface area contributed by atoms with Crippen LogP contribution in [-0.2, 0) is 17.1 Å². The molecule has 0 saturated heterocycles. The predicted octanol–water partition coefficient (Wildman–Crippen LogP) is 7.21. The minimum Gasteiger partial charge on any atom is -0.326 e. The molecule has 0 heterocycles.